The number of carbonyl (C=O) groups excluding carboxylic acids is 2. The molecule has 0 unspecified atom stereocenters. The molecule has 2 aromatic rings. The van der Waals surface area contributed by atoms with Gasteiger partial charge in [-0.1, -0.05) is 18.2 Å². The Morgan fingerprint density at radius 2 is 1.71 bits per heavy atom. The molecule has 0 aromatic heterocycles. The van der Waals surface area contributed by atoms with Gasteiger partial charge in [-0.3, -0.25) is 9.59 Å². The van der Waals surface area contributed by atoms with Crippen molar-refractivity contribution in [3.05, 3.63) is 64.7 Å². The number of hydrogen-bond acceptors (Lipinski definition) is 5. The third kappa shape index (κ3) is 4.81. The molecule has 2 fully saturated rings. The van der Waals surface area contributed by atoms with Crippen LogP contribution in [0.3, 0.4) is 0 Å². The number of hydrogen-bond donors (Lipinski definition) is 0. The topological polar surface area (TPSA) is 56.3 Å². The molecule has 0 saturated carbocycles. The van der Waals surface area contributed by atoms with Gasteiger partial charge in [0.1, 0.15) is 0 Å². The van der Waals surface area contributed by atoms with Gasteiger partial charge in [-0.15, -0.1) is 0 Å². The van der Waals surface area contributed by atoms with Gasteiger partial charge in [0.15, 0.2) is 0 Å². The zero-order valence-corrected chi connectivity index (χ0v) is 20.0. The summed E-state index contributed by atoms with van der Waals surface area (Å²) in [6.45, 7) is 8.04. The Kier molecular flexibility index (Phi) is 6.83. The molecule has 2 aromatic carbocycles. The third-order valence-electron chi connectivity index (χ3n) is 7.31. The minimum atomic E-state index is 0.0292. The lowest BCUT2D eigenvalue weighted by Gasteiger charge is -2.35. The summed E-state index contributed by atoms with van der Waals surface area (Å²) < 4.78 is 5.35. The standard InChI is InChI=1S/C27H34N4O3/c1-28-12-14-29(15-13-28)25-5-3-2-4-21(25)8-10-30-11-9-22-20-23(6-7-24(22)27(30)33)26(32)31-16-18-34-19-17-31/h2-7,20H,8-19H2,1H3. The van der Waals surface area contributed by atoms with E-state index in [4.69, 9.17) is 4.74 Å². The van der Waals surface area contributed by atoms with Gasteiger partial charge in [-0.05, 0) is 55.3 Å². The summed E-state index contributed by atoms with van der Waals surface area (Å²) in [5.41, 5.74) is 4.99. The molecular weight excluding hydrogens is 428 g/mol. The van der Waals surface area contributed by atoms with Crippen molar-refractivity contribution < 1.29 is 14.3 Å². The predicted molar refractivity (Wildman–Crippen MR) is 133 cm³/mol. The average molecular weight is 463 g/mol. The summed E-state index contributed by atoms with van der Waals surface area (Å²) in [6.07, 6.45) is 1.63. The van der Waals surface area contributed by atoms with E-state index in [0.717, 1.165) is 50.1 Å². The molecule has 7 heteroatoms. The SMILES string of the molecule is CN1CCN(c2ccccc2CCN2CCc3cc(C(=O)N4CCOCC4)ccc3C2=O)CC1. The number of para-hydroxylation sites is 1. The van der Waals surface area contributed by atoms with Crippen molar-refractivity contribution in [1.29, 1.82) is 0 Å². The number of ether oxygens (including phenoxy) is 1. The van der Waals surface area contributed by atoms with Crippen LogP contribution in [0.1, 0.15) is 31.8 Å². The van der Waals surface area contributed by atoms with Crippen LogP contribution in [0.25, 0.3) is 0 Å². The average Bonchev–Trinajstić information content (AvgIpc) is 2.89. The summed E-state index contributed by atoms with van der Waals surface area (Å²) in [7, 11) is 2.17. The minimum Gasteiger partial charge on any atom is -0.378 e. The van der Waals surface area contributed by atoms with Crippen LogP contribution in [0, 0.1) is 0 Å². The summed E-state index contributed by atoms with van der Waals surface area (Å²) in [5.74, 6) is 0.102. The summed E-state index contributed by atoms with van der Waals surface area (Å²) in [6, 6.07) is 14.2. The Bertz CT molecular complexity index is 1040. The van der Waals surface area contributed by atoms with E-state index in [1.54, 1.807) is 6.07 Å². The smallest absolute Gasteiger partial charge is 0.254 e. The second kappa shape index (κ2) is 10.2. The Morgan fingerprint density at radius 1 is 0.941 bits per heavy atom. The number of rotatable bonds is 5. The van der Waals surface area contributed by atoms with Crippen molar-refractivity contribution >= 4 is 17.5 Å². The minimum absolute atomic E-state index is 0.0292. The van der Waals surface area contributed by atoms with Crippen molar-refractivity contribution in [3.63, 3.8) is 0 Å². The van der Waals surface area contributed by atoms with Crippen molar-refractivity contribution in [3.8, 4) is 0 Å². The molecule has 0 atom stereocenters. The Morgan fingerprint density at radius 3 is 2.50 bits per heavy atom. The molecule has 0 spiro atoms. The Hall–Kier alpha value is -2.90. The summed E-state index contributed by atoms with van der Waals surface area (Å²) in [4.78, 5) is 34.7. The van der Waals surface area contributed by atoms with Crippen molar-refractivity contribution in [1.82, 2.24) is 14.7 Å². The largest absolute Gasteiger partial charge is 0.378 e. The van der Waals surface area contributed by atoms with Crippen LogP contribution in [-0.4, -0.2) is 99.1 Å². The number of anilines is 1. The van der Waals surface area contributed by atoms with E-state index in [1.807, 2.05) is 21.9 Å². The molecule has 2 amide bonds. The molecule has 3 heterocycles. The number of amides is 2. The van der Waals surface area contributed by atoms with Gasteiger partial charge in [0.05, 0.1) is 13.2 Å². The zero-order valence-electron chi connectivity index (χ0n) is 20.0. The van der Waals surface area contributed by atoms with Crippen LogP contribution >= 0.6 is 0 Å². The number of morpholine rings is 1. The lowest BCUT2D eigenvalue weighted by Crippen LogP contribution is -2.45. The molecule has 7 nitrogen and oxygen atoms in total. The zero-order chi connectivity index (χ0) is 23.5. The van der Waals surface area contributed by atoms with Gasteiger partial charge < -0.3 is 24.3 Å². The second-order valence-electron chi connectivity index (χ2n) is 9.49. The van der Waals surface area contributed by atoms with Gasteiger partial charge in [0.25, 0.3) is 11.8 Å². The van der Waals surface area contributed by atoms with Crippen LogP contribution in [0.4, 0.5) is 5.69 Å². The van der Waals surface area contributed by atoms with E-state index >= 15 is 0 Å². The molecule has 3 aliphatic heterocycles. The van der Waals surface area contributed by atoms with Crippen LogP contribution in [-0.2, 0) is 17.6 Å². The lowest BCUT2D eigenvalue weighted by atomic mass is 9.95. The van der Waals surface area contributed by atoms with E-state index in [0.29, 0.717) is 45.0 Å². The first-order valence-electron chi connectivity index (χ1n) is 12.4. The van der Waals surface area contributed by atoms with Crippen molar-refractivity contribution in [2.75, 3.05) is 77.5 Å². The van der Waals surface area contributed by atoms with Gasteiger partial charge >= 0.3 is 0 Å². The molecule has 2 saturated heterocycles. The molecule has 3 aliphatic rings. The number of fused-ring (bicyclic) bond motifs is 1. The normalized spacial score (nSPS) is 19.3. The Balaban J connectivity index is 1.24. The third-order valence-corrected chi connectivity index (χ3v) is 7.31. The molecule has 0 bridgehead atoms. The van der Waals surface area contributed by atoms with E-state index in [1.165, 1.54) is 11.3 Å². The van der Waals surface area contributed by atoms with Gasteiger partial charge in [-0.25, -0.2) is 0 Å². The maximum atomic E-state index is 13.2. The van der Waals surface area contributed by atoms with Crippen molar-refractivity contribution in [2.45, 2.75) is 12.8 Å². The fourth-order valence-corrected chi connectivity index (χ4v) is 5.17. The van der Waals surface area contributed by atoms with E-state index < -0.39 is 0 Å². The first kappa shape index (κ1) is 22.9. The molecule has 0 aliphatic carbocycles. The summed E-state index contributed by atoms with van der Waals surface area (Å²) >= 11 is 0. The van der Waals surface area contributed by atoms with Gasteiger partial charge in [0.2, 0.25) is 0 Å². The highest BCUT2D eigenvalue weighted by Gasteiger charge is 2.27. The lowest BCUT2D eigenvalue weighted by molar-refractivity contribution is 0.0302. The van der Waals surface area contributed by atoms with Crippen LogP contribution in [0.2, 0.25) is 0 Å². The maximum absolute atomic E-state index is 13.2. The van der Waals surface area contributed by atoms with Crippen LogP contribution in [0.5, 0.6) is 0 Å². The molecule has 5 rings (SSSR count). The quantitative estimate of drug-likeness (QED) is 0.682. The van der Waals surface area contributed by atoms with Crippen LogP contribution in [0.15, 0.2) is 42.5 Å². The van der Waals surface area contributed by atoms with E-state index in [-0.39, 0.29) is 11.8 Å². The fraction of sp³-hybridized carbons (Fsp3) is 0.481. The second-order valence-corrected chi connectivity index (χ2v) is 9.49. The number of benzene rings is 2. The monoisotopic (exact) mass is 462 g/mol. The van der Waals surface area contributed by atoms with E-state index in [9.17, 15) is 9.59 Å². The van der Waals surface area contributed by atoms with Crippen LogP contribution < -0.4 is 4.90 Å². The number of carbonyl (C=O) groups is 2. The highest BCUT2D eigenvalue weighted by atomic mass is 16.5. The number of piperazine rings is 1. The molecule has 180 valence electrons. The molecule has 0 radical (unpaired) electrons. The fourth-order valence-electron chi connectivity index (χ4n) is 5.17. The first-order valence-corrected chi connectivity index (χ1v) is 12.4. The number of nitrogens with zero attached hydrogens (tertiary/aromatic N) is 4. The number of likely N-dealkylation sites (N-methyl/N-ethyl adjacent to an activating group) is 1. The van der Waals surface area contributed by atoms with Crippen molar-refractivity contribution in [2.24, 2.45) is 0 Å². The highest BCUT2D eigenvalue weighted by molar-refractivity contribution is 6.00. The van der Waals surface area contributed by atoms with Gasteiger partial charge in [0, 0.05) is 69.2 Å². The highest BCUT2D eigenvalue weighted by Crippen LogP contribution is 2.25. The predicted octanol–water partition coefficient (Wildman–Crippen LogP) is 2.15. The first-order chi connectivity index (χ1) is 16.6. The maximum Gasteiger partial charge on any atom is 0.254 e. The molecule has 34 heavy (non-hydrogen) atoms. The summed E-state index contributed by atoms with van der Waals surface area (Å²) in [5, 5.41) is 0. The Labute approximate surface area is 201 Å². The molecule has 0 N–H and O–H groups in total. The van der Waals surface area contributed by atoms with E-state index in [2.05, 4.69) is 41.1 Å². The van der Waals surface area contributed by atoms with Gasteiger partial charge in [-0.2, -0.15) is 0 Å². The molecular formula is C27H34N4O3.